The molecule has 106 valence electrons. The molecule has 0 fully saturated rings. The standard InChI is InChI=1S/C14H17N3O3/c1-3-17-8-10(7-16-17)9-20-13-6-11(15)4-5-12(13)14(18)19-2/h4-8H,3,9,15H2,1-2H3. The molecule has 0 radical (unpaired) electrons. The van der Waals surface area contributed by atoms with Gasteiger partial charge in [0.15, 0.2) is 0 Å². The van der Waals surface area contributed by atoms with E-state index in [-0.39, 0.29) is 0 Å². The van der Waals surface area contributed by atoms with Crippen LogP contribution in [-0.2, 0) is 17.9 Å². The van der Waals surface area contributed by atoms with Gasteiger partial charge in [0.05, 0.1) is 13.3 Å². The van der Waals surface area contributed by atoms with Crippen molar-refractivity contribution in [2.75, 3.05) is 12.8 Å². The number of nitrogen functional groups attached to an aromatic ring is 1. The Morgan fingerprint density at radius 1 is 1.45 bits per heavy atom. The Morgan fingerprint density at radius 2 is 2.25 bits per heavy atom. The summed E-state index contributed by atoms with van der Waals surface area (Å²) < 4.78 is 12.2. The van der Waals surface area contributed by atoms with Crippen molar-refractivity contribution in [3.8, 4) is 5.75 Å². The first-order valence-electron chi connectivity index (χ1n) is 6.26. The van der Waals surface area contributed by atoms with E-state index in [4.69, 9.17) is 15.2 Å². The molecule has 1 heterocycles. The molecule has 2 aromatic rings. The van der Waals surface area contributed by atoms with Crippen LogP contribution in [0.5, 0.6) is 5.75 Å². The van der Waals surface area contributed by atoms with Crippen molar-refractivity contribution in [2.24, 2.45) is 0 Å². The van der Waals surface area contributed by atoms with Gasteiger partial charge in [0.25, 0.3) is 0 Å². The lowest BCUT2D eigenvalue weighted by molar-refractivity contribution is 0.0595. The van der Waals surface area contributed by atoms with Crippen LogP contribution in [0, 0.1) is 0 Å². The van der Waals surface area contributed by atoms with Crippen molar-refractivity contribution >= 4 is 11.7 Å². The van der Waals surface area contributed by atoms with Gasteiger partial charge in [-0.25, -0.2) is 4.79 Å². The second kappa shape index (κ2) is 6.10. The van der Waals surface area contributed by atoms with Crippen molar-refractivity contribution in [2.45, 2.75) is 20.1 Å². The Labute approximate surface area is 117 Å². The van der Waals surface area contributed by atoms with Gasteiger partial charge < -0.3 is 15.2 Å². The van der Waals surface area contributed by atoms with E-state index < -0.39 is 5.97 Å². The molecule has 20 heavy (non-hydrogen) atoms. The summed E-state index contributed by atoms with van der Waals surface area (Å²) in [5, 5.41) is 4.16. The molecule has 2 N–H and O–H groups in total. The summed E-state index contributed by atoms with van der Waals surface area (Å²) >= 11 is 0. The van der Waals surface area contributed by atoms with Gasteiger partial charge in [-0.15, -0.1) is 0 Å². The third-order valence-corrected chi connectivity index (χ3v) is 2.82. The molecule has 0 aliphatic rings. The molecule has 0 unspecified atom stereocenters. The van der Waals surface area contributed by atoms with E-state index in [1.165, 1.54) is 7.11 Å². The zero-order valence-corrected chi connectivity index (χ0v) is 11.5. The topological polar surface area (TPSA) is 79.4 Å². The van der Waals surface area contributed by atoms with E-state index in [0.29, 0.717) is 23.6 Å². The van der Waals surface area contributed by atoms with Crippen LogP contribution in [0.2, 0.25) is 0 Å². The summed E-state index contributed by atoms with van der Waals surface area (Å²) in [6, 6.07) is 4.83. The van der Waals surface area contributed by atoms with Gasteiger partial charge >= 0.3 is 5.97 Å². The summed E-state index contributed by atoms with van der Waals surface area (Å²) in [5.41, 5.74) is 7.51. The number of hydrogen-bond acceptors (Lipinski definition) is 5. The van der Waals surface area contributed by atoms with Gasteiger partial charge in [0.2, 0.25) is 0 Å². The van der Waals surface area contributed by atoms with Gasteiger partial charge in [-0.05, 0) is 19.1 Å². The molecule has 0 saturated carbocycles. The average Bonchev–Trinajstić information content (AvgIpc) is 2.92. The number of nitrogens with zero attached hydrogens (tertiary/aromatic N) is 2. The lowest BCUT2D eigenvalue weighted by atomic mass is 10.2. The fourth-order valence-corrected chi connectivity index (χ4v) is 1.75. The number of ether oxygens (including phenoxy) is 2. The highest BCUT2D eigenvalue weighted by atomic mass is 16.5. The molecule has 1 aromatic heterocycles. The Kier molecular flexibility index (Phi) is 4.24. The maximum Gasteiger partial charge on any atom is 0.341 e. The van der Waals surface area contributed by atoms with Crippen molar-refractivity contribution in [1.29, 1.82) is 0 Å². The fraction of sp³-hybridized carbons (Fsp3) is 0.286. The SMILES string of the molecule is CCn1cc(COc2cc(N)ccc2C(=O)OC)cn1. The zero-order valence-electron chi connectivity index (χ0n) is 11.5. The summed E-state index contributed by atoms with van der Waals surface area (Å²) in [4.78, 5) is 11.6. The van der Waals surface area contributed by atoms with Crippen molar-refractivity contribution in [1.82, 2.24) is 9.78 Å². The van der Waals surface area contributed by atoms with Gasteiger partial charge in [0.1, 0.15) is 17.9 Å². The number of esters is 1. The van der Waals surface area contributed by atoms with Gasteiger partial charge in [0, 0.05) is 30.1 Å². The van der Waals surface area contributed by atoms with Crippen LogP contribution >= 0.6 is 0 Å². The normalized spacial score (nSPS) is 10.3. The molecule has 0 saturated heterocycles. The lowest BCUT2D eigenvalue weighted by Gasteiger charge is -2.10. The summed E-state index contributed by atoms with van der Waals surface area (Å²) in [7, 11) is 1.33. The van der Waals surface area contributed by atoms with Gasteiger partial charge in [-0.2, -0.15) is 5.10 Å². The number of aryl methyl sites for hydroxylation is 1. The fourth-order valence-electron chi connectivity index (χ4n) is 1.75. The molecule has 0 aliphatic carbocycles. The van der Waals surface area contributed by atoms with E-state index in [1.807, 2.05) is 13.1 Å². The zero-order chi connectivity index (χ0) is 14.5. The van der Waals surface area contributed by atoms with E-state index in [9.17, 15) is 4.79 Å². The van der Waals surface area contributed by atoms with Crippen molar-refractivity contribution in [3.05, 3.63) is 41.7 Å². The maximum absolute atomic E-state index is 11.6. The van der Waals surface area contributed by atoms with Crippen LogP contribution in [0.1, 0.15) is 22.8 Å². The van der Waals surface area contributed by atoms with Gasteiger partial charge in [-0.3, -0.25) is 4.68 Å². The minimum absolute atomic E-state index is 0.313. The Hall–Kier alpha value is -2.50. The van der Waals surface area contributed by atoms with Crippen LogP contribution in [0.15, 0.2) is 30.6 Å². The second-order valence-electron chi connectivity index (χ2n) is 4.24. The molecule has 1 aromatic carbocycles. The van der Waals surface area contributed by atoms with Crippen LogP contribution in [0.3, 0.4) is 0 Å². The first-order valence-corrected chi connectivity index (χ1v) is 6.26. The smallest absolute Gasteiger partial charge is 0.341 e. The Bertz CT molecular complexity index is 607. The van der Waals surface area contributed by atoms with Crippen LogP contribution < -0.4 is 10.5 Å². The number of rotatable bonds is 5. The molecule has 0 atom stereocenters. The van der Waals surface area contributed by atoms with E-state index in [0.717, 1.165) is 12.1 Å². The maximum atomic E-state index is 11.6. The molecule has 0 aliphatic heterocycles. The van der Waals surface area contributed by atoms with E-state index in [2.05, 4.69) is 5.10 Å². The molecule has 0 bridgehead atoms. The van der Waals surface area contributed by atoms with Gasteiger partial charge in [-0.1, -0.05) is 0 Å². The largest absolute Gasteiger partial charge is 0.488 e. The quantitative estimate of drug-likeness (QED) is 0.665. The minimum atomic E-state index is -0.454. The van der Waals surface area contributed by atoms with Crippen LogP contribution in [-0.4, -0.2) is 22.9 Å². The molecule has 0 amide bonds. The number of benzene rings is 1. The first kappa shape index (κ1) is 13.9. The third-order valence-electron chi connectivity index (χ3n) is 2.82. The molecule has 2 rings (SSSR count). The van der Waals surface area contributed by atoms with Crippen molar-refractivity contribution in [3.63, 3.8) is 0 Å². The number of carbonyl (C=O) groups excluding carboxylic acids is 1. The first-order chi connectivity index (χ1) is 9.63. The molecular formula is C14H17N3O3. The predicted molar refractivity (Wildman–Crippen MR) is 74.4 cm³/mol. The number of anilines is 1. The number of nitrogens with two attached hydrogens (primary N) is 1. The third kappa shape index (κ3) is 3.09. The average molecular weight is 275 g/mol. The monoisotopic (exact) mass is 275 g/mol. The number of carbonyl (C=O) groups is 1. The highest BCUT2D eigenvalue weighted by Gasteiger charge is 2.13. The minimum Gasteiger partial charge on any atom is -0.488 e. The predicted octanol–water partition coefficient (Wildman–Crippen LogP) is 1.85. The van der Waals surface area contributed by atoms with Crippen LogP contribution in [0.25, 0.3) is 0 Å². The second-order valence-corrected chi connectivity index (χ2v) is 4.24. The van der Waals surface area contributed by atoms with E-state index in [1.54, 1.807) is 29.1 Å². The van der Waals surface area contributed by atoms with Crippen molar-refractivity contribution < 1.29 is 14.3 Å². The molecule has 6 nitrogen and oxygen atoms in total. The molecule has 0 spiro atoms. The highest BCUT2D eigenvalue weighted by Crippen LogP contribution is 2.23. The highest BCUT2D eigenvalue weighted by molar-refractivity contribution is 5.93. The molecular weight excluding hydrogens is 258 g/mol. The number of aromatic nitrogens is 2. The summed E-state index contributed by atoms with van der Waals surface area (Å²) in [5.74, 6) is -0.0506. The summed E-state index contributed by atoms with van der Waals surface area (Å²) in [6.45, 7) is 3.12. The van der Waals surface area contributed by atoms with E-state index >= 15 is 0 Å². The Morgan fingerprint density at radius 3 is 2.90 bits per heavy atom. The number of methoxy groups -OCH3 is 1. The molecule has 6 heteroatoms. The summed E-state index contributed by atoms with van der Waals surface area (Å²) in [6.07, 6.45) is 3.62. The lowest BCUT2D eigenvalue weighted by Crippen LogP contribution is -2.06. The van der Waals surface area contributed by atoms with Crippen LogP contribution in [0.4, 0.5) is 5.69 Å². The Balaban J connectivity index is 2.15. The number of hydrogen-bond donors (Lipinski definition) is 1.